The molecule has 4 rings (SSSR count). The SMILES string of the molecule is OC[C@H]1OC(n2cnc3c(NCc4ccc(C(F)(F)F)c(F)c4)ncnc32)[C@H](O)[C@@H]1O. The van der Waals surface area contributed by atoms with Gasteiger partial charge in [0.25, 0.3) is 0 Å². The quantitative estimate of drug-likeness (QED) is 0.434. The molecule has 2 aromatic heterocycles. The summed E-state index contributed by atoms with van der Waals surface area (Å²) in [5.41, 5.74) is -0.600. The van der Waals surface area contributed by atoms with Gasteiger partial charge in [0.15, 0.2) is 23.2 Å². The minimum absolute atomic E-state index is 0.0398. The fourth-order valence-corrected chi connectivity index (χ4v) is 3.36. The summed E-state index contributed by atoms with van der Waals surface area (Å²) >= 11 is 0. The maximum absolute atomic E-state index is 13.8. The van der Waals surface area contributed by atoms with E-state index in [4.69, 9.17) is 4.74 Å². The number of aliphatic hydroxyl groups excluding tert-OH is 3. The third-order valence-corrected chi connectivity index (χ3v) is 4.95. The van der Waals surface area contributed by atoms with Crippen LogP contribution in [-0.2, 0) is 17.5 Å². The number of hydrogen-bond donors (Lipinski definition) is 4. The number of benzene rings is 1. The summed E-state index contributed by atoms with van der Waals surface area (Å²) < 4.78 is 58.7. The molecule has 1 fully saturated rings. The van der Waals surface area contributed by atoms with Crippen LogP contribution in [0.5, 0.6) is 0 Å². The van der Waals surface area contributed by atoms with Crippen LogP contribution < -0.4 is 5.32 Å². The fourth-order valence-electron chi connectivity index (χ4n) is 3.36. The van der Waals surface area contributed by atoms with Crippen molar-refractivity contribution in [3.8, 4) is 0 Å². The molecule has 0 radical (unpaired) electrons. The van der Waals surface area contributed by atoms with Crippen LogP contribution in [0.25, 0.3) is 11.2 Å². The van der Waals surface area contributed by atoms with Gasteiger partial charge in [0, 0.05) is 6.54 Å². The second-order valence-corrected chi connectivity index (χ2v) is 6.94. The number of aromatic nitrogens is 4. The van der Waals surface area contributed by atoms with Crippen LogP contribution in [0.4, 0.5) is 23.4 Å². The highest BCUT2D eigenvalue weighted by Crippen LogP contribution is 2.33. The van der Waals surface area contributed by atoms with E-state index in [2.05, 4.69) is 20.3 Å². The zero-order valence-corrected chi connectivity index (χ0v) is 15.7. The van der Waals surface area contributed by atoms with Crippen LogP contribution in [0.1, 0.15) is 17.4 Å². The lowest BCUT2D eigenvalue weighted by Crippen LogP contribution is -2.33. The number of halogens is 4. The van der Waals surface area contributed by atoms with E-state index in [1.54, 1.807) is 0 Å². The number of nitrogens with one attached hydrogen (secondary N) is 1. The minimum Gasteiger partial charge on any atom is -0.394 e. The Morgan fingerprint density at radius 2 is 1.90 bits per heavy atom. The normalized spacial score (nSPS) is 24.1. The molecule has 166 valence electrons. The molecule has 0 bridgehead atoms. The molecular formula is C18H17F4N5O4. The van der Waals surface area contributed by atoms with E-state index in [9.17, 15) is 32.9 Å². The number of ether oxygens (including phenoxy) is 1. The lowest BCUT2D eigenvalue weighted by Gasteiger charge is -2.16. The number of rotatable bonds is 5. The Kier molecular flexibility index (Phi) is 5.51. The number of anilines is 1. The van der Waals surface area contributed by atoms with Crippen LogP contribution in [0, 0.1) is 5.82 Å². The highest BCUT2D eigenvalue weighted by molar-refractivity contribution is 5.82. The number of fused-ring (bicyclic) bond motifs is 1. The van der Waals surface area contributed by atoms with E-state index in [0.717, 1.165) is 12.1 Å². The van der Waals surface area contributed by atoms with Crippen molar-refractivity contribution in [3.05, 3.63) is 47.8 Å². The van der Waals surface area contributed by atoms with Gasteiger partial charge in [-0.3, -0.25) is 4.57 Å². The topological polar surface area (TPSA) is 126 Å². The second kappa shape index (κ2) is 8.00. The smallest absolute Gasteiger partial charge is 0.394 e. The summed E-state index contributed by atoms with van der Waals surface area (Å²) in [6.45, 7) is -0.533. The Morgan fingerprint density at radius 1 is 1.13 bits per heavy atom. The van der Waals surface area contributed by atoms with Crippen LogP contribution in [0.2, 0.25) is 0 Å². The highest BCUT2D eigenvalue weighted by Gasteiger charge is 2.44. The van der Waals surface area contributed by atoms with Crippen LogP contribution in [0.15, 0.2) is 30.9 Å². The first-order valence-electron chi connectivity index (χ1n) is 9.10. The Bertz CT molecular complexity index is 1090. The van der Waals surface area contributed by atoms with Gasteiger partial charge in [0.05, 0.1) is 18.5 Å². The first-order valence-corrected chi connectivity index (χ1v) is 9.10. The van der Waals surface area contributed by atoms with Crippen LogP contribution >= 0.6 is 0 Å². The van der Waals surface area contributed by atoms with Crippen molar-refractivity contribution < 1.29 is 37.6 Å². The van der Waals surface area contributed by atoms with Crippen molar-refractivity contribution in [2.75, 3.05) is 11.9 Å². The largest absolute Gasteiger partial charge is 0.419 e. The Balaban J connectivity index is 1.56. The van der Waals surface area contributed by atoms with E-state index in [-0.39, 0.29) is 29.1 Å². The van der Waals surface area contributed by atoms with E-state index >= 15 is 0 Å². The third-order valence-electron chi connectivity index (χ3n) is 4.95. The number of aliphatic hydroxyl groups is 3. The average Bonchev–Trinajstić information content (AvgIpc) is 3.27. The van der Waals surface area contributed by atoms with Gasteiger partial charge >= 0.3 is 6.18 Å². The van der Waals surface area contributed by atoms with Crippen molar-refractivity contribution in [1.82, 2.24) is 19.5 Å². The zero-order valence-electron chi connectivity index (χ0n) is 15.7. The summed E-state index contributed by atoms with van der Waals surface area (Å²) in [6.07, 6.45) is -6.95. The molecule has 1 saturated heterocycles. The van der Waals surface area contributed by atoms with Gasteiger partial charge in [-0.1, -0.05) is 6.07 Å². The van der Waals surface area contributed by atoms with Crippen LogP contribution in [-0.4, -0.2) is 59.8 Å². The van der Waals surface area contributed by atoms with Crippen molar-refractivity contribution in [2.24, 2.45) is 0 Å². The number of hydrogen-bond acceptors (Lipinski definition) is 8. The molecule has 3 heterocycles. The van der Waals surface area contributed by atoms with Crippen molar-refractivity contribution in [3.63, 3.8) is 0 Å². The van der Waals surface area contributed by atoms with Gasteiger partial charge in [-0.15, -0.1) is 0 Å². The van der Waals surface area contributed by atoms with Crippen molar-refractivity contribution in [2.45, 2.75) is 37.3 Å². The predicted molar refractivity (Wildman–Crippen MR) is 97.1 cm³/mol. The van der Waals surface area contributed by atoms with Crippen molar-refractivity contribution >= 4 is 17.0 Å². The third kappa shape index (κ3) is 3.92. The first kappa shape index (κ1) is 21.4. The predicted octanol–water partition coefficient (Wildman–Crippen LogP) is 1.21. The molecule has 0 spiro atoms. The second-order valence-electron chi connectivity index (χ2n) is 6.94. The first-order chi connectivity index (χ1) is 14.7. The Labute approximate surface area is 172 Å². The van der Waals surface area contributed by atoms with Gasteiger partial charge in [-0.05, 0) is 17.7 Å². The molecule has 31 heavy (non-hydrogen) atoms. The molecule has 1 aliphatic heterocycles. The van der Waals surface area contributed by atoms with E-state index in [0.29, 0.717) is 6.07 Å². The molecule has 1 unspecified atom stereocenters. The zero-order chi connectivity index (χ0) is 22.3. The lowest BCUT2D eigenvalue weighted by atomic mass is 10.1. The molecule has 4 N–H and O–H groups in total. The standard InChI is InChI=1S/C18H17F4N5O4/c19-10-3-8(1-2-9(10)18(20,21)22)4-23-15-12-16(25-6-24-15)27(7-26-12)17-14(30)13(29)11(5-28)31-17/h1-3,6-7,11,13-14,17,28-30H,4-5H2,(H,23,24,25)/t11-,13-,14-,17?/m1/s1. The minimum atomic E-state index is -4.78. The van der Waals surface area contributed by atoms with Crippen molar-refractivity contribution in [1.29, 1.82) is 0 Å². The van der Waals surface area contributed by atoms with E-state index in [1.807, 2.05) is 0 Å². The number of nitrogens with zero attached hydrogens (tertiary/aromatic N) is 4. The molecule has 13 heteroatoms. The summed E-state index contributed by atoms with van der Waals surface area (Å²) in [6, 6.07) is 2.60. The summed E-state index contributed by atoms with van der Waals surface area (Å²) in [5, 5.41) is 32.3. The summed E-state index contributed by atoms with van der Waals surface area (Å²) in [7, 11) is 0. The van der Waals surface area contributed by atoms with Crippen LogP contribution in [0.3, 0.4) is 0 Å². The molecule has 0 aliphatic carbocycles. The maximum Gasteiger partial charge on any atom is 0.419 e. The van der Waals surface area contributed by atoms with Gasteiger partial charge in [-0.25, -0.2) is 19.3 Å². The number of alkyl halides is 3. The molecule has 1 aliphatic rings. The molecule has 4 atom stereocenters. The summed E-state index contributed by atoms with van der Waals surface area (Å²) in [5.74, 6) is -1.16. The number of imidazole rings is 1. The molecule has 0 saturated carbocycles. The molecular weight excluding hydrogens is 426 g/mol. The Hall–Kier alpha value is -2.87. The molecule has 1 aromatic carbocycles. The van der Waals surface area contributed by atoms with Gasteiger partial charge in [-0.2, -0.15) is 13.2 Å². The van der Waals surface area contributed by atoms with Gasteiger partial charge in [0.1, 0.15) is 30.5 Å². The summed E-state index contributed by atoms with van der Waals surface area (Å²) in [4.78, 5) is 12.3. The van der Waals surface area contributed by atoms with E-state index in [1.165, 1.54) is 17.2 Å². The average molecular weight is 443 g/mol. The van der Waals surface area contributed by atoms with Gasteiger partial charge < -0.3 is 25.4 Å². The maximum atomic E-state index is 13.8. The van der Waals surface area contributed by atoms with E-state index < -0.39 is 48.7 Å². The molecule has 0 amide bonds. The molecule has 3 aromatic rings. The fraction of sp³-hybridized carbons (Fsp3) is 0.389. The monoisotopic (exact) mass is 443 g/mol. The Morgan fingerprint density at radius 3 is 2.55 bits per heavy atom. The lowest BCUT2D eigenvalue weighted by molar-refractivity contribution is -0.140. The van der Waals surface area contributed by atoms with Gasteiger partial charge in [0.2, 0.25) is 0 Å². The highest BCUT2D eigenvalue weighted by atomic mass is 19.4. The molecule has 9 nitrogen and oxygen atoms in total.